The van der Waals surface area contributed by atoms with Gasteiger partial charge in [-0.2, -0.15) is 10.5 Å². The van der Waals surface area contributed by atoms with Crippen molar-refractivity contribution in [3.63, 3.8) is 0 Å². The van der Waals surface area contributed by atoms with Crippen LogP contribution in [-0.4, -0.2) is 5.78 Å². The Morgan fingerprint density at radius 3 is 2.15 bits per heavy atom. The van der Waals surface area contributed by atoms with Crippen LogP contribution < -0.4 is 4.90 Å². The second-order valence-electron chi connectivity index (χ2n) is 11.4. The molecular formula is C37H29N3O. The highest BCUT2D eigenvalue weighted by Gasteiger charge is 2.43. The topological polar surface area (TPSA) is 67.9 Å². The predicted molar refractivity (Wildman–Crippen MR) is 165 cm³/mol. The van der Waals surface area contributed by atoms with Crippen LogP contribution in [0.5, 0.6) is 0 Å². The first-order chi connectivity index (χ1) is 19.7. The Kier molecular flexibility index (Phi) is 6.02. The number of nitrogens with zero attached hydrogens (tertiary/aromatic N) is 3. The number of Topliss-reactive ketones (excluding diaryl/α,β-unsaturated/α-hetero) is 1. The van der Waals surface area contributed by atoms with E-state index in [4.69, 9.17) is 0 Å². The van der Waals surface area contributed by atoms with Crippen LogP contribution in [0.15, 0.2) is 102 Å². The predicted octanol–water partition coefficient (Wildman–Crippen LogP) is 8.70. The lowest BCUT2D eigenvalue weighted by Gasteiger charge is -2.30. The Balaban J connectivity index is 1.66. The quantitative estimate of drug-likeness (QED) is 0.192. The summed E-state index contributed by atoms with van der Waals surface area (Å²) in [4.78, 5) is 16.0. The van der Waals surface area contributed by atoms with Gasteiger partial charge in [0, 0.05) is 27.8 Å². The number of carbonyl (C=O) groups excluding carboxylic acids is 1. The molecule has 0 saturated heterocycles. The summed E-state index contributed by atoms with van der Waals surface area (Å²) >= 11 is 0. The van der Waals surface area contributed by atoms with Crippen molar-refractivity contribution in [2.75, 3.05) is 4.90 Å². The summed E-state index contributed by atoms with van der Waals surface area (Å²) in [6, 6.07) is 28.4. The van der Waals surface area contributed by atoms with Crippen LogP contribution in [0, 0.1) is 43.4 Å². The van der Waals surface area contributed by atoms with Gasteiger partial charge >= 0.3 is 0 Å². The molecule has 0 saturated carbocycles. The number of hydrogen-bond acceptors (Lipinski definition) is 4. The Morgan fingerprint density at radius 2 is 1.46 bits per heavy atom. The van der Waals surface area contributed by atoms with E-state index < -0.39 is 5.41 Å². The molecule has 0 N–H and O–H groups in total. The van der Waals surface area contributed by atoms with Crippen LogP contribution in [0.4, 0.5) is 11.4 Å². The van der Waals surface area contributed by atoms with Gasteiger partial charge in [-0.15, -0.1) is 0 Å². The van der Waals surface area contributed by atoms with Crippen LogP contribution in [0.25, 0.3) is 16.3 Å². The maximum absolute atomic E-state index is 13.6. The summed E-state index contributed by atoms with van der Waals surface area (Å²) in [6.07, 6.45) is 3.82. The molecule has 1 aliphatic carbocycles. The summed E-state index contributed by atoms with van der Waals surface area (Å²) in [7, 11) is 0. The maximum Gasteiger partial charge on any atom is 0.194 e. The highest BCUT2D eigenvalue weighted by molar-refractivity contribution is 6.27. The van der Waals surface area contributed by atoms with Crippen LogP contribution in [0.2, 0.25) is 0 Å². The zero-order valence-electron chi connectivity index (χ0n) is 23.8. The average Bonchev–Trinajstić information content (AvgIpc) is 3.35. The summed E-state index contributed by atoms with van der Waals surface area (Å²) in [5.74, 6) is -0.177. The highest BCUT2D eigenvalue weighted by atomic mass is 16.1. The molecule has 1 heterocycles. The molecule has 0 aromatic heterocycles. The average molecular weight is 532 g/mol. The zero-order chi connectivity index (χ0) is 29.1. The molecule has 41 heavy (non-hydrogen) atoms. The van der Waals surface area contributed by atoms with E-state index in [2.05, 4.69) is 88.0 Å². The molecule has 4 heteroatoms. The molecule has 0 bridgehead atoms. The van der Waals surface area contributed by atoms with Gasteiger partial charge in [0.25, 0.3) is 0 Å². The lowest BCUT2D eigenvalue weighted by molar-refractivity contribution is 0.104. The Hall–Kier alpha value is -5.19. The van der Waals surface area contributed by atoms with Crippen molar-refractivity contribution < 1.29 is 4.79 Å². The first kappa shape index (κ1) is 26.1. The fourth-order valence-corrected chi connectivity index (χ4v) is 6.72. The first-order valence-corrected chi connectivity index (χ1v) is 13.7. The summed E-state index contributed by atoms with van der Waals surface area (Å²) in [6.45, 7) is 10.8. The minimum absolute atomic E-state index is 0.0602. The lowest BCUT2D eigenvalue weighted by atomic mass is 9.81. The molecule has 4 aromatic rings. The third-order valence-corrected chi connectivity index (χ3v) is 8.35. The van der Waals surface area contributed by atoms with E-state index in [-0.39, 0.29) is 11.4 Å². The zero-order valence-corrected chi connectivity index (χ0v) is 23.8. The van der Waals surface area contributed by atoms with E-state index in [9.17, 15) is 15.3 Å². The second kappa shape index (κ2) is 9.47. The molecule has 1 aliphatic heterocycles. The molecule has 0 atom stereocenters. The van der Waals surface area contributed by atoms with E-state index in [1.165, 1.54) is 33.0 Å². The van der Waals surface area contributed by atoms with Crippen molar-refractivity contribution in [1.82, 2.24) is 0 Å². The molecule has 0 amide bonds. The molecular weight excluding hydrogens is 502 g/mol. The number of carbonyl (C=O) groups is 1. The van der Waals surface area contributed by atoms with Crippen molar-refractivity contribution in [1.29, 1.82) is 10.5 Å². The summed E-state index contributed by atoms with van der Waals surface area (Å²) in [5.41, 5.74) is 9.45. The van der Waals surface area contributed by atoms with Gasteiger partial charge in [-0.1, -0.05) is 86.1 Å². The smallest absolute Gasteiger partial charge is 0.194 e. The van der Waals surface area contributed by atoms with E-state index in [0.29, 0.717) is 22.3 Å². The first-order valence-electron chi connectivity index (χ1n) is 13.7. The molecule has 2 aliphatic rings. The monoisotopic (exact) mass is 531 g/mol. The third-order valence-electron chi connectivity index (χ3n) is 8.35. The standard InChI is InChI=1S/C37H29N3O/c1-22-18-23(2)35(24(3)19-22)40-31-16-14-25-10-6-7-11-27(25)34(31)37(4,5)32(40)17-15-30-33(26(20-38)21-39)28-12-8-9-13-29(28)36(30)41/h6-19H,1-5H3/b30-15-,32-17+. The van der Waals surface area contributed by atoms with Crippen molar-refractivity contribution in [3.8, 4) is 12.1 Å². The van der Waals surface area contributed by atoms with Crippen LogP contribution in [0.3, 0.4) is 0 Å². The van der Waals surface area contributed by atoms with E-state index >= 15 is 0 Å². The minimum Gasteiger partial charge on any atom is -0.312 e. The van der Waals surface area contributed by atoms with E-state index in [1.54, 1.807) is 18.2 Å². The number of benzene rings is 4. The van der Waals surface area contributed by atoms with Gasteiger partial charge in [-0.25, -0.2) is 0 Å². The number of hydrogen-bond donors (Lipinski definition) is 0. The second-order valence-corrected chi connectivity index (χ2v) is 11.4. The molecule has 0 spiro atoms. The van der Waals surface area contributed by atoms with Crippen molar-refractivity contribution >= 4 is 33.5 Å². The van der Waals surface area contributed by atoms with Gasteiger partial charge in [0.1, 0.15) is 17.7 Å². The maximum atomic E-state index is 13.6. The van der Waals surface area contributed by atoms with Gasteiger partial charge in [0.2, 0.25) is 0 Å². The Bertz CT molecular complexity index is 1950. The number of aryl methyl sites for hydroxylation is 3. The minimum atomic E-state index is -0.414. The summed E-state index contributed by atoms with van der Waals surface area (Å²) in [5, 5.41) is 21.9. The van der Waals surface area contributed by atoms with E-state index in [1.807, 2.05) is 30.4 Å². The number of fused-ring (bicyclic) bond motifs is 4. The Morgan fingerprint density at radius 1 is 0.829 bits per heavy atom. The van der Waals surface area contributed by atoms with Crippen LogP contribution in [-0.2, 0) is 5.41 Å². The molecule has 0 radical (unpaired) electrons. The highest BCUT2D eigenvalue weighted by Crippen LogP contribution is 2.55. The molecule has 4 aromatic carbocycles. The van der Waals surface area contributed by atoms with E-state index in [0.717, 1.165) is 17.1 Å². The van der Waals surface area contributed by atoms with Crippen molar-refractivity contribution in [3.05, 3.63) is 135 Å². The fraction of sp³-hybridized carbons (Fsp3) is 0.162. The van der Waals surface area contributed by atoms with Crippen LogP contribution >= 0.6 is 0 Å². The van der Waals surface area contributed by atoms with Gasteiger partial charge in [-0.3, -0.25) is 4.79 Å². The normalized spacial score (nSPS) is 17.1. The van der Waals surface area contributed by atoms with Gasteiger partial charge in [-0.05, 0) is 72.0 Å². The van der Waals surface area contributed by atoms with Gasteiger partial charge in [0.15, 0.2) is 5.78 Å². The summed E-state index contributed by atoms with van der Waals surface area (Å²) < 4.78 is 0. The SMILES string of the molecule is Cc1cc(C)c(N2/C(=C/C=C3\C(=O)c4ccccc4C3=C(C#N)C#N)C(C)(C)c3c2ccc2ccccc32)c(C)c1. The van der Waals surface area contributed by atoms with Gasteiger partial charge < -0.3 is 4.90 Å². The number of anilines is 2. The number of allylic oxidation sites excluding steroid dienone is 6. The molecule has 6 rings (SSSR count). The lowest BCUT2D eigenvalue weighted by Crippen LogP contribution is -2.24. The third kappa shape index (κ3) is 3.84. The Labute approximate surface area is 240 Å². The van der Waals surface area contributed by atoms with Crippen LogP contribution in [0.1, 0.15) is 52.0 Å². The molecule has 0 unspecified atom stereocenters. The molecule has 0 fully saturated rings. The number of rotatable bonds is 2. The largest absolute Gasteiger partial charge is 0.312 e. The van der Waals surface area contributed by atoms with Crippen molar-refractivity contribution in [2.24, 2.45) is 0 Å². The van der Waals surface area contributed by atoms with Crippen molar-refractivity contribution in [2.45, 2.75) is 40.0 Å². The fourth-order valence-electron chi connectivity index (χ4n) is 6.72. The molecule has 198 valence electrons. The number of ketones is 1. The molecule has 4 nitrogen and oxygen atoms in total. The number of nitriles is 2. The van der Waals surface area contributed by atoms with Gasteiger partial charge in [0.05, 0.1) is 11.4 Å².